The molecule has 1 fully saturated rings. The third-order valence-electron chi connectivity index (χ3n) is 6.14. The Balaban J connectivity index is 1.35. The predicted octanol–water partition coefficient (Wildman–Crippen LogP) is 3.39. The average molecular weight is 476 g/mol. The number of phenolic OH excluding ortho intramolecular Hbond substituents is 1. The number of carbonyl (C=O) groups excluding carboxylic acids is 1. The molecule has 34 heavy (non-hydrogen) atoms. The number of fused-ring (bicyclic) bond motifs is 1. The van der Waals surface area contributed by atoms with Crippen LogP contribution in [0, 0.1) is 11.3 Å². The van der Waals surface area contributed by atoms with Crippen LogP contribution in [0.5, 0.6) is 11.5 Å². The number of rotatable bonds is 4. The van der Waals surface area contributed by atoms with E-state index in [4.69, 9.17) is 10.00 Å². The number of benzene rings is 3. The zero-order valence-corrected chi connectivity index (χ0v) is 18.8. The molecule has 3 N–H and O–H groups in total. The van der Waals surface area contributed by atoms with Gasteiger partial charge in [0.15, 0.2) is 0 Å². The molecule has 9 heteroatoms. The molecule has 1 saturated heterocycles. The van der Waals surface area contributed by atoms with Gasteiger partial charge in [0.05, 0.1) is 11.6 Å². The fraction of sp³-hybridized carbons (Fsp3) is 0.200. The van der Waals surface area contributed by atoms with E-state index in [1.54, 1.807) is 36.4 Å². The van der Waals surface area contributed by atoms with Crippen LogP contribution in [-0.4, -0.2) is 19.4 Å². The highest BCUT2D eigenvalue weighted by atomic mass is 32.2. The van der Waals surface area contributed by atoms with Crippen molar-refractivity contribution in [1.82, 2.24) is 9.44 Å². The second-order valence-corrected chi connectivity index (χ2v) is 9.78. The fourth-order valence-electron chi connectivity index (χ4n) is 4.57. The minimum atomic E-state index is -3.84. The minimum absolute atomic E-state index is 0.0309. The first-order valence-electron chi connectivity index (χ1n) is 10.8. The zero-order valence-electron chi connectivity index (χ0n) is 18.0. The van der Waals surface area contributed by atoms with Crippen molar-refractivity contribution in [1.29, 1.82) is 5.26 Å². The van der Waals surface area contributed by atoms with Crippen molar-refractivity contribution in [3.05, 3.63) is 82.9 Å². The van der Waals surface area contributed by atoms with Crippen LogP contribution >= 0.6 is 0 Å². The summed E-state index contributed by atoms with van der Waals surface area (Å²) in [5.41, 5.74) is 4.99. The van der Waals surface area contributed by atoms with Crippen molar-refractivity contribution in [3.63, 3.8) is 0 Å². The maximum atomic E-state index is 11.7. The van der Waals surface area contributed by atoms with Gasteiger partial charge < -0.3 is 9.84 Å². The Kier molecular flexibility index (Phi) is 5.48. The fourth-order valence-corrected chi connectivity index (χ4v) is 5.60. The van der Waals surface area contributed by atoms with E-state index >= 15 is 0 Å². The van der Waals surface area contributed by atoms with E-state index in [-0.39, 0.29) is 23.8 Å². The number of hydrogen-bond acceptors (Lipinski definition) is 6. The quantitative estimate of drug-likeness (QED) is 0.531. The van der Waals surface area contributed by atoms with Crippen LogP contribution in [0.15, 0.2) is 60.7 Å². The van der Waals surface area contributed by atoms with Crippen LogP contribution in [0.25, 0.3) is 11.1 Å². The van der Waals surface area contributed by atoms with Crippen molar-refractivity contribution in [2.24, 2.45) is 0 Å². The predicted molar refractivity (Wildman–Crippen MR) is 124 cm³/mol. The summed E-state index contributed by atoms with van der Waals surface area (Å²) in [6, 6.07) is 19.5. The topological polar surface area (TPSA) is 129 Å². The molecule has 3 aromatic carbocycles. The van der Waals surface area contributed by atoms with Crippen molar-refractivity contribution in [3.8, 4) is 28.7 Å². The van der Waals surface area contributed by atoms with Gasteiger partial charge in [-0.3, -0.25) is 4.79 Å². The van der Waals surface area contributed by atoms with Crippen molar-refractivity contribution < 1.29 is 23.1 Å². The van der Waals surface area contributed by atoms with Gasteiger partial charge in [-0.2, -0.15) is 18.4 Å². The van der Waals surface area contributed by atoms with Crippen molar-refractivity contribution >= 4 is 16.1 Å². The third kappa shape index (κ3) is 4.21. The average Bonchev–Trinajstić information content (AvgIpc) is 3.21. The summed E-state index contributed by atoms with van der Waals surface area (Å²) in [5.74, 6) is 0.0605. The van der Waals surface area contributed by atoms with Crippen LogP contribution in [0.4, 0.5) is 0 Å². The Bertz CT molecular complexity index is 1430. The van der Waals surface area contributed by atoms with E-state index in [0.29, 0.717) is 11.3 Å². The van der Waals surface area contributed by atoms with Gasteiger partial charge in [-0.25, -0.2) is 4.72 Å². The Morgan fingerprint density at radius 2 is 1.88 bits per heavy atom. The smallest absolute Gasteiger partial charge is 0.301 e. The van der Waals surface area contributed by atoms with Gasteiger partial charge in [-0.05, 0) is 64.9 Å². The molecule has 0 spiro atoms. The Hall–Kier alpha value is -3.87. The lowest BCUT2D eigenvalue weighted by molar-refractivity contribution is -0.120. The molecule has 1 aliphatic heterocycles. The molecule has 3 aromatic rings. The SMILES string of the molecule is N#Cc1ccc(-c2cccc3c2CC[C@H]3Oc2ccc(C3CC(=O)NS(=O)(=O)N3)cc2)cc1O. The number of nitrogens with one attached hydrogen (secondary N) is 2. The largest absolute Gasteiger partial charge is 0.507 e. The van der Waals surface area contributed by atoms with E-state index in [1.165, 1.54) is 0 Å². The summed E-state index contributed by atoms with van der Waals surface area (Å²) in [5, 5.41) is 19.2. The second kappa shape index (κ2) is 8.48. The Morgan fingerprint density at radius 3 is 2.59 bits per heavy atom. The van der Waals surface area contributed by atoms with Crippen molar-refractivity contribution in [2.75, 3.05) is 0 Å². The first-order chi connectivity index (χ1) is 16.3. The van der Waals surface area contributed by atoms with E-state index in [9.17, 15) is 18.3 Å². The van der Waals surface area contributed by atoms with Crippen LogP contribution in [0.1, 0.15) is 47.2 Å². The molecule has 0 bridgehead atoms. The van der Waals surface area contributed by atoms with E-state index in [0.717, 1.165) is 35.1 Å². The lowest BCUT2D eigenvalue weighted by atomic mass is 9.95. The van der Waals surface area contributed by atoms with Crippen LogP contribution in [0.2, 0.25) is 0 Å². The molecular weight excluding hydrogens is 454 g/mol. The maximum Gasteiger partial charge on any atom is 0.301 e. The number of nitrogens with zero attached hydrogens (tertiary/aromatic N) is 1. The summed E-state index contributed by atoms with van der Waals surface area (Å²) >= 11 is 0. The van der Waals surface area contributed by atoms with E-state index in [1.807, 2.05) is 35.1 Å². The summed E-state index contributed by atoms with van der Waals surface area (Å²) in [6.45, 7) is 0. The number of aromatic hydroxyl groups is 1. The molecule has 8 nitrogen and oxygen atoms in total. The molecule has 2 aliphatic rings. The number of nitriles is 1. The number of carbonyl (C=O) groups is 1. The molecule has 1 aliphatic carbocycles. The Labute approximate surface area is 197 Å². The van der Waals surface area contributed by atoms with Gasteiger partial charge in [-0.1, -0.05) is 36.4 Å². The number of ether oxygens (including phenoxy) is 1. The second-order valence-electron chi connectivity index (χ2n) is 8.33. The van der Waals surface area contributed by atoms with Gasteiger partial charge in [0.25, 0.3) is 0 Å². The minimum Gasteiger partial charge on any atom is -0.507 e. The van der Waals surface area contributed by atoms with Gasteiger partial charge in [0.2, 0.25) is 5.91 Å². The molecule has 5 rings (SSSR count). The molecule has 0 aromatic heterocycles. The summed E-state index contributed by atoms with van der Waals surface area (Å²) in [4.78, 5) is 11.7. The summed E-state index contributed by atoms with van der Waals surface area (Å²) in [6.07, 6.45) is 1.49. The summed E-state index contributed by atoms with van der Waals surface area (Å²) in [7, 11) is -3.84. The molecular formula is C25H21N3O5S. The van der Waals surface area contributed by atoms with Crippen LogP contribution in [0.3, 0.4) is 0 Å². The normalized spacial score (nSPS) is 20.7. The lowest BCUT2D eigenvalue weighted by Crippen LogP contribution is -2.48. The van der Waals surface area contributed by atoms with Gasteiger partial charge in [-0.15, -0.1) is 0 Å². The lowest BCUT2D eigenvalue weighted by Gasteiger charge is -2.24. The maximum absolute atomic E-state index is 11.7. The third-order valence-corrected chi connectivity index (χ3v) is 7.23. The first kappa shape index (κ1) is 21.9. The van der Waals surface area contributed by atoms with Crippen LogP contribution in [-0.2, 0) is 21.4 Å². The van der Waals surface area contributed by atoms with E-state index in [2.05, 4.69) is 4.72 Å². The molecule has 0 saturated carbocycles. The van der Waals surface area contributed by atoms with Gasteiger partial charge in [0, 0.05) is 6.42 Å². The molecule has 1 amide bonds. The Morgan fingerprint density at radius 1 is 1.09 bits per heavy atom. The number of hydrogen-bond donors (Lipinski definition) is 3. The van der Waals surface area contributed by atoms with Gasteiger partial charge >= 0.3 is 10.2 Å². The molecule has 1 unspecified atom stereocenters. The standard InChI is InChI=1S/C25H21N3O5S/c26-14-17-5-4-16(12-23(17)29)19-2-1-3-21-20(19)10-11-24(21)33-18-8-6-15(7-9-18)22-13-25(30)28-34(31,32)27-22/h1-9,12,22,24,27,29H,10-11,13H2,(H,28,30)/t22?,24-/m1/s1. The molecule has 172 valence electrons. The zero-order chi connectivity index (χ0) is 23.9. The number of amides is 1. The molecule has 1 heterocycles. The monoisotopic (exact) mass is 475 g/mol. The van der Waals surface area contributed by atoms with Gasteiger partial charge in [0.1, 0.15) is 23.7 Å². The number of phenols is 1. The highest BCUT2D eigenvalue weighted by molar-refractivity contribution is 7.88. The van der Waals surface area contributed by atoms with Crippen LogP contribution < -0.4 is 14.2 Å². The molecule has 0 radical (unpaired) electrons. The highest BCUT2D eigenvalue weighted by Gasteiger charge is 2.30. The summed E-state index contributed by atoms with van der Waals surface area (Å²) < 4.78 is 34.1. The highest BCUT2D eigenvalue weighted by Crippen LogP contribution is 2.41. The molecule has 2 atom stereocenters. The first-order valence-corrected chi connectivity index (χ1v) is 12.3. The van der Waals surface area contributed by atoms with Crippen molar-refractivity contribution in [2.45, 2.75) is 31.4 Å². The van der Waals surface area contributed by atoms with E-state index < -0.39 is 22.2 Å².